The Kier molecular flexibility index (Phi) is 3.81. The van der Waals surface area contributed by atoms with Gasteiger partial charge in [0, 0.05) is 11.1 Å². The molecule has 4 N–H and O–H groups in total. The van der Waals surface area contributed by atoms with Gasteiger partial charge in [-0.1, -0.05) is 11.6 Å². The first-order valence-electron chi connectivity index (χ1n) is 5.12. The molecule has 0 fully saturated rings. The van der Waals surface area contributed by atoms with Crippen LogP contribution in [0.25, 0.3) is 0 Å². The third kappa shape index (κ3) is 2.79. The van der Waals surface area contributed by atoms with Crippen molar-refractivity contribution in [1.29, 1.82) is 0 Å². The van der Waals surface area contributed by atoms with Crippen LogP contribution in [-0.2, 0) is 0 Å². The van der Waals surface area contributed by atoms with Gasteiger partial charge in [0.15, 0.2) is 0 Å². The summed E-state index contributed by atoms with van der Waals surface area (Å²) in [5, 5.41) is 3.68. The Morgan fingerprint density at radius 1 is 1.22 bits per heavy atom. The number of anilines is 3. The summed E-state index contributed by atoms with van der Waals surface area (Å²) in [5.74, 6) is 7.04. The van der Waals surface area contributed by atoms with Gasteiger partial charge in [-0.3, -0.25) is 0 Å². The van der Waals surface area contributed by atoms with E-state index in [1.54, 1.807) is 31.4 Å². The number of nitrogens with one attached hydrogen (secondary N) is 2. The second kappa shape index (κ2) is 5.52. The molecule has 0 saturated heterocycles. The van der Waals surface area contributed by atoms with Crippen LogP contribution in [0.1, 0.15) is 0 Å². The minimum atomic E-state index is 0.508. The summed E-state index contributed by atoms with van der Waals surface area (Å²) >= 11 is 5.94. The van der Waals surface area contributed by atoms with Gasteiger partial charge < -0.3 is 15.5 Å². The van der Waals surface area contributed by atoms with Crippen molar-refractivity contribution < 1.29 is 4.74 Å². The number of nitrogens with two attached hydrogens (primary N) is 1. The maximum atomic E-state index is 5.94. The highest BCUT2D eigenvalue weighted by molar-refractivity contribution is 6.31. The molecule has 7 heteroatoms. The molecule has 0 atom stereocenters. The fraction of sp³-hybridized carbons (Fsp3) is 0.0909. The fourth-order valence-corrected chi connectivity index (χ4v) is 1.59. The molecule has 6 nitrogen and oxygen atoms in total. The van der Waals surface area contributed by atoms with Crippen LogP contribution in [-0.4, -0.2) is 17.1 Å². The number of ether oxygens (including phenoxy) is 1. The van der Waals surface area contributed by atoms with Gasteiger partial charge in [-0.05, 0) is 18.2 Å². The maximum Gasteiger partial charge on any atom is 0.145 e. The van der Waals surface area contributed by atoms with Crippen LogP contribution in [0, 0.1) is 0 Å². The molecular formula is C11H12ClN5O. The second-order valence-electron chi connectivity index (χ2n) is 3.40. The molecule has 18 heavy (non-hydrogen) atoms. The first kappa shape index (κ1) is 12.4. The third-order valence-corrected chi connectivity index (χ3v) is 2.47. The van der Waals surface area contributed by atoms with Gasteiger partial charge in [0.2, 0.25) is 0 Å². The van der Waals surface area contributed by atoms with E-state index in [-0.39, 0.29) is 0 Å². The number of nitrogen functional groups attached to an aromatic ring is 1. The average molecular weight is 266 g/mol. The molecule has 1 aromatic heterocycles. The smallest absolute Gasteiger partial charge is 0.145 e. The number of benzene rings is 1. The molecule has 0 bridgehead atoms. The molecule has 94 valence electrons. The molecule has 0 aliphatic carbocycles. The van der Waals surface area contributed by atoms with Gasteiger partial charge in [0.1, 0.15) is 23.7 Å². The van der Waals surface area contributed by atoms with Gasteiger partial charge in [-0.15, -0.1) is 0 Å². The molecule has 1 aromatic carbocycles. The summed E-state index contributed by atoms with van der Waals surface area (Å²) in [6.45, 7) is 0. The lowest BCUT2D eigenvalue weighted by Crippen LogP contribution is -2.09. The van der Waals surface area contributed by atoms with E-state index in [2.05, 4.69) is 20.7 Å². The molecule has 0 unspecified atom stereocenters. The Morgan fingerprint density at radius 2 is 2.00 bits per heavy atom. The minimum Gasteiger partial charge on any atom is -0.495 e. The molecule has 2 rings (SSSR count). The van der Waals surface area contributed by atoms with E-state index in [0.717, 1.165) is 0 Å². The van der Waals surface area contributed by atoms with Gasteiger partial charge in [0.05, 0.1) is 12.8 Å². The molecular weight excluding hydrogens is 254 g/mol. The van der Waals surface area contributed by atoms with E-state index in [0.29, 0.717) is 28.1 Å². The topological polar surface area (TPSA) is 85.1 Å². The van der Waals surface area contributed by atoms with Crippen molar-refractivity contribution in [2.45, 2.75) is 0 Å². The molecule has 0 radical (unpaired) electrons. The highest BCUT2D eigenvalue weighted by Gasteiger charge is 2.05. The van der Waals surface area contributed by atoms with Gasteiger partial charge >= 0.3 is 0 Å². The van der Waals surface area contributed by atoms with Crippen LogP contribution in [0.15, 0.2) is 30.6 Å². The largest absolute Gasteiger partial charge is 0.495 e. The average Bonchev–Trinajstić information content (AvgIpc) is 2.39. The van der Waals surface area contributed by atoms with Crippen molar-refractivity contribution in [3.05, 3.63) is 35.6 Å². The number of methoxy groups -OCH3 is 1. The highest BCUT2D eigenvalue weighted by Crippen LogP contribution is 2.30. The fourth-order valence-electron chi connectivity index (χ4n) is 1.42. The zero-order chi connectivity index (χ0) is 13.0. The number of hydrogen-bond donors (Lipinski definition) is 3. The summed E-state index contributed by atoms with van der Waals surface area (Å²) in [4.78, 5) is 7.99. The van der Waals surface area contributed by atoms with E-state index in [1.807, 2.05) is 0 Å². The number of aromatic nitrogens is 2. The molecule has 1 heterocycles. The van der Waals surface area contributed by atoms with E-state index in [1.165, 1.54) is 6.33 Å². The molecule has 0 amide bonds. The van der Waals surface area contributed by atoms with E-state index in [9.17, 15) is 0 Å². The maximum absolute atomic E-state index is 5.94. The summed E-state index contributed by atoms with van der Waals surface area (Å²) in [6, 6.07) is 6.94. The third-order valence-electron chi connectivity index (χ3n) is 2.24. The van der Waals surface area contributed by atoms with Crippen LogP contribution >= 0.6 is 11.6 Å². The summed E-state index contributed by atoms with van der Waals surface area (Å²) in [6.07, 6.45) is 1.40. The predicted octanol–water partition coefficient (Wildman–Crippen LogP) is 2.17. The van der Waals surface area contributed by atoms with Crippen molar-refractivity contribution in [2.75, 3.05) is 17.9 Å². The predicted molar refractivity (Wildman–Crippen MR) is 71.1 cm³/mol. The number of hydrogen-bond acceptors (Lipinski definition) is 6. The first-order chi connectivity index (χ1) is 8.72. The molecule has 0 aliphatic rings. The van der Waals surface area contributed by atoms with E-state index < -0.39 is 0 Å². The van der Waals surface area contributed by atoms with Gasteiger partial charge in [-0.2, -0.15) is 0 Å². The summed E-state index contributed by atoms with van der Waals surface area (Å²) in [7, 11) is 1.58. The van der Waals surface area contributed by atoms with E-state index in [4.69, 9.17) is 22.2 Å². The van der Waals surface area contributed by atoms with Crippen molar-refractivity contribution in [3.63, 3.8) is 0 Å². The van der Waals surface area contributed by atoms with E-state index >= 15 is 0 Å². The Bertz CT molecular complexity index is 549. The van der Waals surface area contributed by atoms with Crippen LogP contribution in [0.2, 0.25) is 5.02 Å². The Labute approximate surface area is 109 Å². The summed E-state index contributed by atoms with van der Waals surface area (Å²) in [5.41, 5.74) is 3.16. The zero-order valence-corrected chi connectivity index (χ0v) is 10.4. The highest BCUT2D eigenvalue weighted by atomic mass is 35.5. The second-order valence-corrected chi connectivity index (χ2v) is 3.84. The first-order valence-corrected chi connectivity index (χ1v) is 5.50. The lowest BCUT2D eigenvalue weighted by molar-refractivity contribution is 0.417. The van der Waals surface area contributed by atoms with Crippen LogP contribution in [0.4, 0.5) is 17.3 Å². The molecule has 0 aliphatic heterocycles. The Morgan fingerprint density at radius 3 is 2.72 bits per heavy atom. The van der Waals surface area contributed by atoms with Crippen molar-refractivity contribution >= 4 is 28.9 Å². The quantitative estimate of drug-likeness (QED) is 0.580. The molecule has 0 spiro atoms. The van der Waals surface area contributed by atoms with Crippen molar-refractivity contribution in [1.82, 2.24) is 9.97 Å². The number of hydrazine groups is 1. The number of rotatable bonds is 4. The lowest BCUT2D eigenvalue weighted by Gasteiger charge is -2.11. The minimum absolute atomic E-state index is 0.508. The standard InChI is InChI=1S/C11H12ClN5O/c1-18-9-3-2-7(12)4-8(9)16-10-5-11(17-13)15-6-14-10/h2-6H,13H2,1H3,(H2,14,15,16,17). The van der Waals surface area contributed by atoms with Gasteiger partial charge in [-0.25, -0.2) is 15.8 Å². The summed E-state index contributed by atoms with van der Waals surface area (Å²) < 4.78 is 5.22. The Hall–Kier alpha value is -2.05. The monoisotopic (exact) mass is 265 g/mol. The van der Waals surface area contributed by atoms with Crippen LogP contribution in [0.3, 0.4) is 0 Å². The van der Waals surface area contributed by atoms with Gasteiger partial charge in [0.25, 0.3) is 0 Å². The normalized spacial score (nSPS) is 9.94. The zero-order valence-electron chi connectivity index (χ0n) is 9.64. The molecule has 0 saturated carbocycles. The van der Waals surface area contributed by atoms with Crippen molar-refractivity contribution in [3.8, 4) is 5.75 Å². The van der Waals surface area contributed by atoms with Crippen LogP contribution < -0.4 is 21.3 Å². The Balaban J connectivity index is 2.29. The van der Waals surface area contributed by atoms with Crippen LogP contribution in [0.5, 0.6) is 5.75 Å². The number of halogens is 1. The molecule has 2 aromatic rings. The lowest BCUT2D eigenvalue weighted by atomic mass is 10.3. The number of nitrogens with zero attached hydrogens (tertiary/aromatic N) is 2. The van der Waals surface area contributed by atoms with Crippen molar-refractivity contribution in [2.24, 2.45) is 5.84 Å². The SMILES string of the molecule is COc1ccc(Cl)cc1Nc1cc(NN)ncn1.